The van der Waals surface area contributed by atoms with Gasteiger partial charge in [0.2, 0.25) is 0 Å². The monoisotopic (exact) mass is 540 g/mol. The van der Waals surface area contributed by atoms with Gasteiger partial charge in [0.1, 0.15) is 10.8 Å². The Bertz CT molecular complexity index is 1380. The van der Waals surface area contributed by atoms with E-state index in [0.717, 1.165) is 82.9 Å². The number of aromatic nitrogens is 5. The predicted octanol–water partition coefficient (Wildman–Crippen LogP) is 4.76. The lowest BCUT2D eigenvalue weighted by molar-refractivity contribution is 0.136. The maximum Gasteiger partial charge on any atom is 0.185 e. The first-order valence-electron chi connectivity index (χ1n) is 12.2. The third-order valence-corrected chi connectivity index (χ3v) is 10.1. The second-order valence-corrected chi connectivity index (χ2v) is 12.1. The third kappa shape index (κ3) is 4.44. The fourth-order valence-electron chi connectivity index (χ4n) is 5.40. The number of rotatable bonds is 4. The summed E-state index contributed by atoms with van der Waals surface area (Å²) in [7, 11) is 1.90. The van der Waals surface area contributed by atoms with Gasteiger partial charge >= 0.3 is 0 Å². The van der Waals surface area contributed by atoms with E-state index >= 15 is 0 Å². The molecular formula is C25H29ClN8S2. The van der Waals surface area contributed by atoms with Crippen molar-refractivity contribution in [3.05, 3.63) is 46.8 Å². The molecule has 1 unspecified atom stereocenters. The minimum atomic E-state index is 0.157. The van der Waals surface area contributed by atoms with Crippen LogP contribution >= 0.6 is 34.7 Å². The van der Waals surface area contributed by atoms with Gasteiger partial charge in [0.05, 0.1) is 28.6 Å². The zero-order chi connectivity index (χ0) is 24.9. The Kier molecular flexibility index (Phi) is 6.31. The summed E-state index contributed by atoms with van der Waals surface area (Å²) in [5.74, 6) is 0.923. The summed E-state index contributed by atoms with van der Waals surface area (Å²) in [5, 5.41) is 10.1. The molecule has 1 spiro atoms. The molecule has 0 bridgehead atoms. The SMILES string of the molecule is Cc1csc(N2CCC3(CCN(c4cnc(Sc5ccc6nn(C)cc6c5Cl)cn4)CC3)C(N)C2)n1. The molecular weight excluding hydrogens is 512 g/mol. The minimum absolute atomic E-state index is 0.157. The maximum atomic E-state index is 6.77. The van der Waals surface area contributed by atoms with Gasteiger partial charge in [-0.15, -0.1) is 11.3 Å². The van der Waals surface area contributed by atoms with Gasteiger partial charge in [0.25, 0.3) is 0 Å². The van der Waals surface area contributed by atoms with E-state index in [1.807, 2.05) is 44.7 Å². The van der Waals surface area contributed by atoms with E-state index in [9.17, 15) is 0 Å². The number of benzene rings is 1. The van der Waals surface area contributed by atoms with Crippen molar-refractivity contribution in [2.75, 3.05) is 36.0 Å². The van der Waals surface area contributed by atoms with Crippen LogP contribution in [-0.4, -0.2) is 57.0 Å². The summed E-state index contributed by atoms with van der Waals surface area (Å²) >= 11 is 9.88. The summed E-state index contributed by atoms with van der Waals surface area (Å²) in [6.45, 7) is 5.86. The van der Waals surface area contributed by atoms with Crippen LogP contribution in [0.4, 0.5) is 10.9 Å². The van der Waals surface area contributed by atoms with Crippen LogP contribution in [0, 0.1) is 12.3 Å². The molecule has 0 aliphatic carbocycles. The Morgan fingerprint density at radius 3 is 2.56 bits per heavy atom. The molecule has 4 aromatic rings. The summed E-state index contributed by atoms with van der Waals surface area (Å²) in [6, 6.07) is 4.14. The first-order chi connectivity index (χ1) is 17.4. The third-order valence-electron chi connectivity index (χ3n) is 7.58. The fraction of sp³-hybridized carbons (Fsp3) is 0.440. The fourth-order valence-corrected chi connectivity index (χ4v) is 7.34. The molecule has 6 rings (SSSR count). The van der Waals surface area contributed by atoms with Crippen LogP contribution in [0.3, 0.4) is 0 Å². The predicted molar refractivity (Wildman–Crippen MR) is 147 cm³/mol. The standard InChI is InChI=1S/C25H29ClN8S2/c1-16-15-35-24(30-16)34-10-7-25(20(27)14-34)5-8-33(9-6-25)21-11-29-22(12-28-21)36-19-4-3-18-17(23(19)26)13-32(2)31-18/h3-4,11-13,15,20H,5-10,14,27H2,1-2H3. The van der Waals surface area contributed by atoms with Gasteiger partial charge in [-0.25, -0.2) is 15.0 Å². The average molecular weight is 541 g/mol. The number of hydrogen-bond donors (Lipinski definition) is 1. The lowest BCUT2D eigenvalue weighted by Gasteiger charge is -2.50. The molecule has 5 heterocycles. The van der Waals surface area contributed by atoms with Crippen molar-refractivity contribution in [3.63, 3.8) is 0 Å². The lowest BCUT2D eigenvalue weighted by Crippen LogP contribution is -2.59. The smallest absolute Gasteiger partial charge is 0.185 e. The number of halogens is 1. The summed E-state index contributed by atoms with van der Waals surface area (Å²) < 4.78 is 1.78. The Labute approximate surface area is 223 Å². The topological polar surface area (TPSA) is 89.0 Å². The van der Waals surface area contributed by atoms with Gasteiger partial charge in [-0.1, -0.05) is 23.4 Å². The molecule has 0 amide bonds. The highest BCUT2D eigenvalue weighted by atomic mass is 35.5. The largest absolute Gasteiger partial charge is 0.355 e. The van der Waals surface area contributed by atoms with Crippen molar-refractivity contribution in [1.82, 2.24) is 24.7 Å². The number of nitrogens with two attached hydrogens (primary N) is 1. The summed E-state index contributed by atoms with van der Waals surface area (Å²) in [6.07, 6.45) is 8.94. The van der Waals surface area contributed by atoms with Crippen LogP contribution in [0.5, 0.6) is 0 Å². The lowest BCUT2D eigenvalue weighted by atomic mass is 9.68. The number of piperidine rings is 2. The average Bonchev–Trinajstić information content (AvgIpc) is 3.49. The highest BCUT2D eigenvalue weighted by molar-refractivity contribution is 7.99. The van der Waals surface area contributed by atoms with Crippen molar-refractivity contribution in [2.45, 2.75) is 42.1 Å². The molecule has 2 N–H and O–H groups in total. The molecule has 2 aliphatic heterocycles. The zero-order valence-electron chi connectivity index (χ0n) is 20.4. The molecule has 188 valence electrons. The Morgan fingerprint density at radius 2 is 1.89 bits per heavy atom. The quantitative estimate of drug-likeness (QED) is 0.396. The number of thiazole rings is 1. The molecule has 8 nitrogen and oxygen atoms in total. The van der Waals surface area contributed by atoms with Gasteiger partial charge in [0, 0.05) is 61.1 Å². The summed E-state index contributed by atoms with van der Waals surface area (Å²) in [4.78, 5) is 19.7. The van der Waals surface area contributed by atoms with Crippen LogP contribution in [-0.2, 0) is 7.05 Å². The molecule has 2 aliphatic rings. The van der Waals surface area contributed by atoms with Crippen LogP contribution in [0.1, 0.15) is 25.0 Å². The molecule has 1 atom stereocenters. The molecule has 36 heavy (non-hydrogen) atoms. The van der Waals surface area contributed by atoms with Gasteiger partial charge in [-0.2, -0.15) is 5.10 Å². The number of fused-ring (bicyclic) bond motifs is 1. The van der Waals surface area contributed by atoms with Crippen LogP contribution in [0.15, 0.2) is 46.0 Å². The van der Waals surface area contributed by atoms with E-state index in [1.54, 1.807) is 16.0 Å². The van der Waals surface area contributed by atoms with Gasteiger partial charge in [0.15, 0.2) is 5.13 Å². The van der Waals surface area contributed by atoms with Crippen molar-refractivity contribution < 1.29 is 0 Å². The number of aryl methyl sites for hydroxylation is 2. The van der Waals surface area contributed by atoms with Gasteiger partial charge < -0.3 is 15.5 Å². The van der Waals surface area contributed by atoms with E-state index in [1.165, 1.54) is 11.8 Å². The Hall–Kier alpha value is -2.40. The highest BCUT2D eigenvalue weighted by Crippen LogP contribution is 2.43. The van der Waals surface area contributed by atoms with Crippen molar-refractivity contribution in [3.8, 4) is 0 Å². The van der Waals surface area contributed by atoms with Crippen molar-refractivity contribution in [2.24, 2.45) is 18.2 Å². The Balaban J connectivity index is 1.08. The molecule has 2 fully saturated rings. The zero-order valence-corrected chi connectivity index (χ0v) is 22.8. The molecule has 11 heteroatoms. The van der Waals surface area contributed by atoms with E-state index in [0.29, 0.717) is 5.02 Å². The minimum Gasteiger partial charge on any atom is -0.355 e. The van der Waals surface area contributed by atoms with E-state index in [2.05, 4.69) is 30.2 Å². The second-order valence-electron chi connectivity index (χ2n) is 9.85. The van der Waals surface area contributed by atoms with Gasteiger partial charge in [-0.05, 0) is 43.7 Å². The first kappa shape index (κ1) is 24.0. The van der Waals surface area contributed by atoms with E-state index in [4.69, 9.17) is 22.3 Å². The number of nitrogens with zero attached hydrogens (tertiary/aromatic N) is 7. The molecule has 0 radical (unpaired) electrons. The number of anilines is 2. The van der Waals surface area contributed by atoms with E-state index < -0.39 is 0 Å². The number of hydrogen-bond acceptors (Lipinski definition) is 9. The molecule has 1 aromatic carbocycles. The van der Waals surface area contributed by atoms with Crippen LogP contribution in [0.2, 0.25) is 5.02 Å². The van der Waals surface area contributed by atoms with Crippen molar-refractivity contribution in [1.29, 1.82) is 0 Å². The second kappa shape index (κ2) is 9.48. The Morgan fingerprint density at radius 1 is 1.11 bits per heavy atom. The van der Waals surface area contributed by atoms with Crippen LogP contribution < -0.4 is 15.5 Å². The first-order valence-corrected chi connectivity index (χ1v) is 14.3. The normalized spacial score (nSPS) is 19.9. The molecule has 3 aromatic heterocycles. The molecule has 0 saturated carbocycles. The summed E-state index contributed by atoms with van der Waals surface area (Å²) in [5.41, 5.74) is 8.95. The van der Waals surface area contributed by atoms with Crippen molar-refractivity contribution >= 4 is 56.6 Å². The van der Waals surface area contributed by atoms with E-state index in [-0.39, 0.29) is 11.5 Å². The van der Waals surface area contributed by atoms with Crippen LogP contribution in [0.25, 0.3) is 10.9 Å². The van der Waals surface area contributed by atoms with Gasteiger partial charge in [-0.3, -0.25) is 4.68 Å². The highest BCUT2D eigenvalue weighted by Gasteiger charge is 2.43. The molecule has 2 saturated heterocycles. The maximum absolute atomic E-state index is 6.77.